The fourth-order valence-corrected chi connectivity index (χ4v) is 3.41. The number of benzene rings is 1. The molecular formula is C19H19ClFN7O2. The van der Waals surface area contributed by atoms with E-state index in [4.69, 9.17) is 16.7 Å². The van der Waals surface area contributed by atoms with E-state index in [-0.39, 0.29) is 11.4 Å². The molecule has 0 radical (unpaired) electrons. The van der Waals surface area contributed by atoms with Gasteiger partial charge in [0.15, 0.2) is 5.82 Å². The third kappa shape index (κ3) is 4.55. The Morgan fingerprint density at radius 1 is 1.20 bits per heavy atom. The summed E-state index contributed by atoms with van der Waals surface area (Å²) in [5, 5.41) is 11.9. The zero-order chi connectivity index (χ0) is 21.1. The van der Waals surface area contributed by atoms with Crippen molar-refractivity contribution in [2.24, 2.45) is 0 Å². The molecule has 1 aliphatic heterocycles. The van der Waals surface area contributed by atoms with Gasteiger partial charge in [0.05, 0.1) is 17.6 Å². The van der Waals surface area contributed by atoms with Gasteiger partial charge in [0.1, 0.15) is 23.2 Å². The summed E-state index contributed by atoms with van der Waals surface area (Å²) in [6.07, 6.45) is 3.17. The molecule has 1 aliphatic rings. The molecule has 9 nitrogen and oxygen atoms in total. The lowest BCUT2D eigenvalue weighted by atomic mass is 10.3. The van der Waals surface area contributed by atoms with Crippen molar-refractivity contribution < 1.29 is 14.3 Å². The summed E-state index contributed by atoms with van der Waals surface area (Å²) in [4.78, 5) is 32.4. The van der Waals surface area contributed by atoms with Gasteiger partial charge in [-0.2, -0.15) is 0 Å². The van der Waals surface area contributed by atoms with E-state index in [9.17, 15) is 9.18 Å². The Kier molecular flexibility index (Phi) is 5.86. The molecule has 2 aromatic heterocycles. The summed E-state index contributed by atoms with van der Waals surface area (Å²) in [6, 6.07) is 4.31. The Balaban J connectivity index is 1.53. The SMILES string of the molecule is O=C(O)CCN1CCN(c2ncc3ncnc(Nc4ccc(F)c(Cl)c4)c3n2)CC1. The highest BCUT2D eigenvalue weighted by atomic mass is 35.5. The van der Waals surface area contributed by atoms with Crippen LogP contribution in [0.5, 0.6) is 0 Å². The van der Waals surface area contributed by atoms with Crippen LogP contribution in [0.3, 0.4) is 0 Å². The summed E-state index contributed by atoms with van der Waals surface area (Å²) in [5.74, 6) is -0.276. The van der Waals surface area contributed by atoms with Crippen LogP contribution in [-0.4, -0.2) is 68.6 Å². The molecule has 30 heavy (non-hydrogen) atoms. The van der Waals surface area contributed by atoms with E-state index in [0.29, 0.717) is 48.1 Å². The number of nitrogens with one attached hydrogen (secondary N) is 1. The number of aromatic nitrogens is 4. The maximum absolute atomic E-state index is 13.4. The predicted molar refractivity (Wildman–Crippen MR) is 111 cm³/mol. The zero-order valence-corrected chi connectivity index (χ0v) is 16.7. The van der Waals surface area contributed by atoms with Crippen molar-refractivity contribution in [1.29, 1.82) is 0 Å². The summed E-state index contributed by atoms with van der Waals surface area (Å²) < 4.78 is 13.4. The van der Waals surface area contributed by atoms with Gasteiger partial charge >= 0.3 is 5.97 Å². The number of carbonyl (C=O) groups is 1. The molecule has 156 valence electrons. The number of fused-ring (bicyclic) bond motifs is 1. The van der Waals surface area contributed by atoms with Crippen LogP contribution < -0.4 is 10.2 Å². The number of hydrogen-bond donors (Lipinski definition) is 2. The van der Waals surface area contributed by atoms with Crippen molar-refractivity contribution in [2.75, 3.05) is 42.9 Å². The average Bonchev–Trinajstić information content (AvgIpc) is 2.75. The van der Waals surface area contributed by atoms with Gasteiger partial charge in [0.2, 0.25) is 5.95 Å². The molecule has 4 rings (SSSR count). The molecule has 3 heterocycles. The third-order valence-corrected chi connectivity index (χ3v) is 5.13. The number of halogens is 2. The Hall–Kier alpha value is -3.11. The van der Waals surface area contributed by atoms with Gasteiger partial charge in [0, 0.05) is 38.4 Å². The third-order valence-electron chi connectivity index (χ3n) is 4.84. The van der Waals surface area contributed by atoms with Crippen LogP contribution in [0.15, 0.2) is 30.7 Å². The molecule has 1 fully saturated rings. The first-order valence-electron chi connectivity index (χ1n) is 9.38. The van der Waals surface area contributed by atoms with Crippen molar-refractivity contribution in [2.45, 2.75) is 6.42 Å². The first-order chi connectivity index (χ1) is 14.5. The largest absolute Gasteiger partial charge is 0.481 e. The van der Waals surface area contributed by atoms with E-state index in [0.717, 1.165) is 13.1 Å². The smallest absolute Gasteiger partial charge is 0.304 e. The van der Waals surface area contributed by atoms with Crippen LogP contribution in [-0.2, 0) is 4.79 Å². The van der Waals surface area contributed by atoms with Gasteiger partial charge in [-0.05, 0) is 18.2 Å². The number of aliphatic carboxylic acids is 1. The summed E-state index contributed by atoms with van der Waals surface area (Å²) in [6.45, 7) is 3.38. The minimum absolute atomic E-state index is 0.00875. The molecule has 1 saturated heterocycles. The number of carboxylic acids is 1. The molecule has 11 heteroatoms. The second-order valence-electron chi connectivity index (χ2n) is 6.85. The highest BCUT2D eigenvalue weighted by Gasteiger charge is 2.20. The molecule has 0 amide bonds. The fourth-order valence-electron chi connectivity index (χ4n) is 3.22. The Morgan fingerprint density at radius 3 is 2.73 bits per heavy atom. The molecule has 0 spiro atoms. The van der Waals surface area contributed by atoms with Crippen LogP contribution in [0.25, 0.3) is 11.0 Å². The van der Waals surface area contributed by atoms with Crippen molar-refractivity contribution in [3.8, 4) is 0 Å². The highest BCUT2D eigenvalue weighted by molar-refractivity contribution is 6.31. The van der Waals surface area contributed by atoms with Gasteiger partial charge in [0.25, 0.3) is 0 Å². The molecule has 0 bridgehead atoms. The second kappa shape index (κ2) is 8.72. The number of piperazine rings is 1. The zero-order valence-electron chi connectivity index (χ0n) is 15.9. The first-order valence-corrected chi connectivity index (χ1v) is 9.76. The minimum Gasteiger partial charge on any atom is -0.481 e. The molecule has 2 N–H and O–H groups in total. The first kappa shape index (κ1) is 20.2. The van der Waals surface area contributed by atoms with E-state index >= 15 is 0 Å². The van der Waals surface area contributed by atoms with E-state index < -0.39 is 11.8 Å². The average molecular weight is 432 g/mol. The summed E-state index contributed by atoms with van der Waals surface area (Å²) in [5.41, 5.74) is 1.69. The Bertz CT molecular complexity index is 1080. The number of anilines is 3. The highest BCUT2D eigenvalue weighted by Crippen LogP contribution is 2.26. The standard InChI is InChI=1S/C19H19ClFN7O2/c20-13-9-12(1-2-14(13)21)25-18-17-15(23-11-24-18)10-22-19(26-17)28-7-5-27(6-8-28)4-3-16(29)30/h1-2,9-11H,3-8H2,(H,29,30)(H,23,24,25). The molecule has 0 saturated carbocycles. The van der Waals surface area contributed by atoms with Gasteiger partial charge < -0.3 is 15.3 Å². The van der Waals surface area contributed by atoms with Crippen LogP contribution in [0, 0.1) is 5.82 Å². The lowest BCUT2D eigenvalue weighted by Gasteiger charge is -2.34. The number of rotatable bonds is 6. The van der Waals surface area contributed by atoms with Crippen LogP contribution in [0.4, 0.5) is 21.8 Å². The Labute approximate surface area is 176 Å². The number of carboxylic acid groups (broad SMARTS) is 1. The van der Waals surface area contributed by atoms with E-state index in [1.165, 1.54) is 18.5 Å². The quantitative estimate of drug-likeness (QED) is 0.608. The normalized spacial score (nSPS) is 14.8. The predicted octanol–water partition coefficient (Wildman–Crippen LogP) is 2.55. The molecule has 0 unspecified atom stereocenters. The lowest BCUT2D eigenvalue weighted by molar-refractivity contribution is -0.137. The molecule has 3 aromatic rings. The number of hydrogen-bond acceptors (Lipinski definition) is 8. The maximum Gasteiger partial charge on any atom is 0.304 e. The van der Waals surface area contributed by atoms with Crippen LogP contribution in [0.1, 0.15) is 6.42 Å². The van der Waals surface area contributed by atoms with Crippen molar-refractivity contribution in [3.05, 3.63) is 41.6 Å². The molecular weight excluding hydrogens is 413 g/mol. The van der Waals surface area contributed by atoms with Gasteiger partial charge in [-0.1, -0.05) is 11.6 Å². The lowest BCUT2D eigenvalue weighted by Crippen LogP contribution is -2.47. The molecule has 1 aromatic carbocycles. The van der Waals surface area contributed by atoms with E-state index in [2.05, 4.69) is 30.2 Å². The number of nitrogens with zero attached hydrogens (tertiary/aromatic N) is 6. The fraction of sp³-hybridized carbons (Fsp3) is 0.316. The van der Waals surface area contributed by atoms with Crippen LogP contribution >= 0.6 is 11.6 Å². The van der Waals surface area contributed by atoms with Crippen LogP contribution in [0.2, 0.25) is 5.02 Å². The van der Waals surface area contributed by atoms with Gasteiger partial charge in [-0.25, -0.2) is 24.3 Å². The minimum atomic E-state index is -0.794. The second-order valence-corrected chi connectivity index (χ2v) is 7.26. The Morgan fingerprint density at radius 2 is 2.00 bits per heavy atom. The summed E-state index contributed by atoms with van der Waals surface area (Å²) in [7, 11) is 0. The monoisotopic (exact) mass is 431 g/mol. The maximum atomic E-state index is 13.4. The van der Waals surface area contributed by atoms with E-state index in [1.54, 1.807) is 12.3 Å². The summed E-state index contributed by atoms with van der Waals surface area (Å²) >= 11 is 5.86. The van der Waals surface area contributed by atoms with Gasteiger partial charge in [-0.15, -0.1) is 0 Å². The van der Waals surface area contributed by atoms with Crippen molar-refractivity contribution in [1.82, 2.24) is 24.8 Å². The van der Waals surface area contributed by atoms with Crippen molar-refractivity contribution >= 4 is 46.1 Å². The van der Waals surface area contributed by atoms with E-state index in [1.807, 2.05) is 4.90 Å². The molecule has 0 aliphatic carbocycles. The topological polar surface area (TPSA) is 107 Å². The van der Waals surface area contributed by atoms with Crippen molar-refractivity contribution in [3.63, 3.8) is 0 Å². The van der Waals surface area contributed by atoms with Gasteiger partial charge in [-0.3, -0.25) is 9.69 Å². The molecule has 0 atom stereocenters.